The molecule has 8 nitrogen and oxygen atoms in total. The number of sulfonamides is 1. The van der Waals surface area contributed by atoms with E-state index in [-0.39, 0.29) is 4.90 Å². The van der Waals surface area contributed by atoms with Gasteiger partial charge in [-0.1, -0.05) is 42.5 Å². The summed E-state index contributed by atoms with van der Waals surface area (Å²) in [6, 6.07) is 25.1. The molecule has 194 valence electrons. The zero-order chi connectivity index (χ0) is 26.1. The minimum atomic E-state index is -3.53. The smallest absolute Gasteiger partial charge is 0.243 e. The van der Waals surface area contributed by atoms with Crippen LogP contribution in [0.25, 0.3) is 0 Å². The van der Waals surface area contributed by atoms with E-state index in [1.165, 1.54) is 9.87 Å². The minimum Gasteiger partial charge on any atom is -0.379 e. The van der Waals surface area contributed by atoms with Gasteiger partial charge in [-0.05, 0) is 66.7 Å². The van der Waals surface area contributed by atoms with Gasteiger partial charge in [-0.2, -0.15) is 9.41 Å². The summed E-state index contributed by atoms with van der Waals surface area (Å²) in [5.74, 6) is 0. The van der Waals surface area contributed by atoms with Gasteiger partial charge in [-0.15, -0.1) is 0 Å². The first-order valence-electron chi connectivity index (χ1n) is 12.1. The van der Waals surface area contributed by atoms with E-state index >= 15 is 0 Å². The molecule has 37 heavy (non-hydrogen) atoms. The van der Waals surface area contributed by atoms with Crippen LogP contribution < -0.4 is 15.6 Å². The van der Waals surface area contributed by atoms with E-state index in [1.54, 1.807) is 30.5 Å². The summed E-state index contributed by atoms with van der Waals surface area (Å²) in [4.78, 5) is 2.55. The normalized spacial score (nSPS) is 14.4. The Morgan fingerprint density at radius 3 is 2.35 bits per heavy atom. The molecule has 0 unspecified atom stereocenters. The largest absolute Gasteiger partial charge is 0.379 e. The van der Waals surface area contributed by atoms with E-state index in [2.05, 4.69) is 64.1 Å². The van der Waals surface area contributed by atoms with Crippen molar-refractivity contribution >= 4 is 44.9 Å². The van der Waals surface area contributed by atoms with Crippen LogP contribution in [0.5, 0.6) is 0 Å². The molecular weight excluding hydrogens is 506 g/mol. The second-order valence-electron chi connectivity index (χ2n) is 8.46. The molecule has 10 heteroatoms. The van der Waals surface area contributed by atoms with Gasteiger partial charge in [0.25, 0.3) is 0 Å². The van der Waals surface area contributed by atoms with Crippen molar-refractivity contribution in [3.05, 3.63) is 90.0 Å². The monoisotopic (exact) mass is 537 g/mol. The summed E-state index contributed by atoms with van der Waals surface area (Å²) in [6.45, 7) is 5.45. The van der Waals surface area contributed by atoms with Crippen molar-refractivity contribution < 1.29 is 13.2 Å². The topological polar surface area (TPSA) is 86.3 Å². The molecule has 1 heterocycles. The van der Waals surface area contributed by atoms with Gasteiger partial charge in [0, 0.05) is 37.6 Å². The summed E-state index contributed by atoms with van der Waals surface area (Å²) >= 11 is 5.31. The number of hydrazone groups is 1. The zero-order valence-electron chi connectivity index (χ0n) is 20.7. The van der Waals surface area contributed by atoms with Crippen molar-refractivity contribution in [1.82, 2.24) is 9.73 Å². The van der Waals surface area contributed by atoms with Gasteiger partial charge >= 0.3 is 0 Å². The van der Waals surface area contributed by atoms with E-state index in [9.17, 15) is 8.42 Å². The zero-order valence-corrected chi connectivity index (χ0v) is 22.3. The van der Waals surface area contributed by atoms with Crippen LogP contribution in [0.2, 0.25) is 0 Å². The lowest BCUT2D eigenvalue weighted by atomic mass is 10.1. The third-order valence-electron chi connectivity index (χ3n) is 5.96. The number of hydrogen-bond acceptors (Lipinski definition) is 6. The average Bonchev–Trinajstić information content (AvgIpc) is 2.93. The Bertz CT molecular complexity index is 1290. The number of hydrogen-bond donors (Lipinski definition) is 2. The molecule has 0 atom stereocenters. The van der Waals surface area contributed by atoms with E-state index in [4.69, 9.17) is 17.0 Å². The van der Waals surface area contributed by atoms with E-state index in [0.29, 0.717) is 37.1 Å². The van der Waals surface area contributed by atoms with E-state index in [0.717, 1.165) is 24.3 Å². The van der Waals surface area contributed by atoms with Crippen LogP contribution in [-0.2, 0) is 21.3 Å². The molecule has 0 saturated carbocycles. The second-order valence-corrected chi connectivity index (χ2v) is 10.8. The molecule has 0 aliphatic carbocycles. The van der Waals surface area contributed by atoms with E-state index < -0.39 is 10.0 Å². The Balaban J connectivity index is 1.28. The maximum atomic E-state index is 12.7. The molecule has 4 rings (SSSR count). The van der Waals surface area contributed by atoms with Crippen molar-refractivity contribution in [3.8, 4) is 0 Å². The summed E-state index contributed by atoms with van der Waals surface area (Å²) in [5, 5.41) is 7.53. The molecular formula is C27H31N5O3S2. The maximum absolute atomic E-state index is 12.7. The summed E-state index contributed by atoms with van der Waals surface area (Å²) in [6.07, 6.45) is 1.70. The molecule has 2 N–H and O–H groups in total. The molecule has 1 aliphatic heterocycles. The Labute approximate surface area is 224 Å². The molecule has 1 saturated heterocycles. The summed E-state index contributed by atoms with van der Waals surface area (Å²) in [5.41, 5.74) is 6.81. The van der Waals surface area contributed by atoms with Crippen molar-refractivity contribution in [2.45, 2.75) is 18.4 Å². The van der Waals surface area contributed by atoms with Crippen LogP contribution in [0.15, 0.2) is 88.9 Å². The maximum Gasteiger partial charge on any atom is 0.243 e. The molecule has 0 aromatic heterocycles. The lowest BCUT2D eigenvalue weighted by Crippen LogP contribution is -2.40. The highest BCUT2D eigenvalue weighted by Crippen LogP contribution is 2.20. The number of anilines is 2. The first kappa shape index (κ1) is 26.7. The molecule has 0 bridgehead atoms. The van der Waals surface area contributed by atoms with Crippen LogP contribution in [0.3, 0.4) is 0 Å². The molecule has 3 aromatic carbocycles. The number of nitrogens with one attached hydrogen (secondary N) is 2. The van der Waals surface area contributed by atoms with Crippen LogP contribution in [0.1, 0.15) is 18.1 Å². The van der Waals surface area contributed by atoms with Gasteiger partial charge in [-0.3, -0.25) is 5.43 Å². The van der Waals surface area contributed by atoms with Crippen LogP contribution in [-0.4, -0.2) is 56.9 Å². The minimum absolute atomic E-state index is 0.241. The van der Waals surface area contributed by atoms with Gasteiger partial charge in [0.05, 0.1) is 24.3 Å². The number of benzene rings is 3. The summed E-state index contributed by atoms with van der Waals surface area (Å²) in [7, 11) is -3.53. The highest BCUT2D eigenvalue weighted by molar-refractivity contribution is 7.89. The number of nitrogens with zero attached hydrogens (tertiary/aromatic N) is 3. The Morgan fingerprint density at radius 1 is 1.03 bits per heavy atom. The lowest BCUT2D eigenvalue weighted by Gasteiger charge is -2.26. The molecule has 1 fully saturated rings. The molecule has 0 spiro atoms. The number of ether oxygens (including phenoxy) is 1. The second kappa shape index (κ2) is 12.8. The highest BCUT2D eigenvalue weighted by Gasteiger charge is 2.26. The fourth-order valence-corrected chi connectivity index (χ4v) is 5.51. The third-order valence-corrected chi connectivity index (χ3v) is 8.06. The van der Waals surface area contributed by atoms with Crippen LogP contribution >= 0.6 is 12.2 Å². The Morgan fingerprint density at radius 2 is 1.70 bits per heavy atom. The molecule has 1 aliphatic rings. The van der Waals surface area contributed by atoms with Crippen molar-refractivity contribution in [2.24, 2.45) is 5.10 Å². The first-order valence-corrected chi connectivity index (χ1v) is 14.0. The van der Waals surface area contributed by atoms with Crippen LogP contribution in [0, 0.1) is 0 Å². The number of rotatable bonds is 9. The third kappa shape index (κ3) is 7.36. The van der Waals surface area contributed by atoms with Gasteiger partial charge in [-0.25, -0.2) is 8.42 Å². The van der Waals surface area contributed by atoms with Crippen molar-refractivity contribution in [2.75, 3.05) is 43.1 Å². The SMILES string of the molecule is CCN(Cc1ccccc1)c1ccc(/C=N/NC(=S)Nc2ccc(S(=O)(=O)N3CCOCC3)cc2)cc1. The standard InChI is InChI=1S/C27H31N5O3S2/c1-2-31(21-23-6-4-3-5-7-23)25-12-8-22(9-13-25)20-28-30-27(36)29-24-10-14-26(15-11-24)37(33,34)32-16-18-35-19-17-32/h3-15,20H,2,16-19,21H2,1H3,(H2,29,30,36)/b28-20+. The molecule has 0 radical (unpaired) electrons. The van der Waals surface area contributed by atoms with Gasteiger partial charge in [0.2, 0.25) is 10.0 Å². The predicted octanol–water partition coefficient (Wildman–Crippen LogP) is 4.05. The average molecular weight is 538 g/mol. The predicted molar refractivity (Wildman–Crippen MR) is 153 cm³/mol. The molecule has 0 amide bonds. The Hall–Kier alpha value is -3.31. The lowest BCUT2D eigenvalue weighted by molar-refractivity contribution is 0.0730. The molecule has 3 aromatic rings. The fourth-order valence-electron chi connectivity index (χ4n) is 3.93. The quantitative estimate of drug-likeness (QED) is 0.242. The van der Waals surface area contributed by atoms with Gasteiger partial charge < -0.3 is 15.0 Å². The van der Waals surface area contributed by atoms with E-state index in [1.807, 2.05) is 18.2 Å². The fraction of sp³-hybridized carbons (Fsp3) is 0.259. The van der Waals surface area contributed by atoms with Crippen molar-refractivity contribution in [3.63, 3.8) is 0 Å². The highest BCUT2D eigenvalue weighted by atomic mass is 32.2. The van der Waals surface area contributed by atoms with Crippen molar-refractivity contribution in [1.29, 1.82) is 0 Å². The first-order chi connectivity index (χ1) is 18.0. The van der Waals surface area contributed by atoms with Gasteiger partial charge in [0.1, 0.15) is 0 Å². The van der Waals surface area contributed by atoms with Gasteiger partial charge in [0.15, 0.2) is 5.11 Å². The summed E-state index contributed by atoms with van der Waals surface area (Å²) < 4.78 is 32.2. The van der Waals surface area contributed by atoms with Crippen LogP contribution in [0.4, 0.5) is 11.4 Å². The number of thiocarbonyl (C=S) groups is 1. The number of morpholine rings is 1. The Kier molecular flexibility index (Phi) is 9.24.